The van der Waals surface area contributed by atoms with Crippen molar-refractivity contribution in [2.75, 3.05) is 6.61 Å². The van der Waals surface area contributed by atoms with Crippen molar-refractivity contribution in [2.24, 2.45) is 0 Å². The summed E-state index contributed by atoms with van der Waals surface area (Å²) in [6.45, 7) is 1.75. The molecule has 0 fully saturated rings. The first-order valence-corrected chi connectivity index (χ1v) is 7.62. The highest BCUT2D eigenvalue weighted by Crippen LogP contribution is 2.15. The van der Waals surface area contributed by atoms with Gasteiger partial charge >= 0.3 is 5.97 Å². The Kier molecular flexibility index (Phi) is 4.20. The highest BCUT2D eigenvalue weighted by molar-refractivity contribution is 9.10. The Labute approximate surface area is 138 Å². The van der Waals surface area contributed by atoms with E-state index in [1.807, 2.05) is 24.3 Å². The molecule has 2 heterocycles. The topological polar surface area (TPSA) is 91.9 Å². The summed E-state index contributed by atoms with van der Waals surface area (Å²) < 4.78 is 8.38. The smallest absolute Gasteiger partial charge is 0.326 e. The molecule has 8 nitrogen and oxygen atoms in total. The second-order valence-corrected chi connectivity index (χ2v) is 5.55. The van der Waals surface area contributed by atoms with Crippen molar-refractivity contribution in [1.29, 1.82) is 0 Å². The molecule has 0 radical (unpaired) electrons. The van der Waals surface area contributed by atoms with Crippen LogP contribution in [0.5, 0.6) is 0 Å². The molecule has 0 aliphatic heterocycles. The van der Waals surface area contributed by atoms with E-state index in [4.69, 9.17) is 4.74 Å². The maximum Gasteiger partial charge on any atom is 0.326 e. The summed E-state index contributed by atoms with van der Waals surface area (Å²) in [5.41, 5.74) is 0.717. The van der Waals surface area contributed by atoms with Crippen LogP contribution in [0.4, 0.5) is 0 Å². The Morgan fingerprint density at radius 3 is 2.74 bits per heavy atom. The van der Waals surface area contributed by atoms with Crippen LogP contribution in [0.15, 0.2) is 39.9 Å². The lowest BCUT2D eigenvalue weighted by Gasteiger charge is -2.05. The number of hydrogen-bond acceptors (Lipinski definition) is 6. The SMILES string of the molecule is CCOC(=O)Cn1cnc2c(nnn2-c2ccc(Br)cc2)c1=O. The molecule has 0 amide bonds. The maximum absolute atomic E-state index is 12.4. The van der Waals surface area contributed by atoms with E-state index >= 15 is 0 Å². The molecule has 0 saturated heterocycles. The number of benzene rings is 1. The number of nitrogens with zero attached hydrogens (tertiary/aromatic N) is 5. The third-order valence-electron chi connectivity index (χ3n) is 3.11. The molecule has 118 valence electrons. The van der Waals surface area contributed by atoms with Crippen molar-refractivity contribution in [2.45, 2.75) is 13.5 Å². The first kappa shape index (κ1) is 15.3. The molecule has 3 aromatic rings. The number of halogens is 1. The van der Waals surface area contributed by atoms with Crippen molar-refractivity contribution in [3.63, 3.8) is 0 Å². The van der Waals surface area contributed by atoms with Crippen molar-refractivity contribution in [3.05, 3.63) is 45.4 Å². The summed E-state index contributed by atoms with van der Waals surface area (Å²) in [6.07, 6.45) is 1.29. The van der Waals surface area contributed by atoms with Gasteiger partial charge in [-0.1, -0.05) is 21.1 Å². The van der Waals surface area contributed by atoms with Gasteiger partial charge in [-0.05, 0) is 31.2 Å². The van der Waals surface area contributed by atoms with Crippen LogP contribution >= 0.6 is 15.9 Å². The highest BCUT2D eigenvalue weighted by Gasteiger charge is 2.15. The van der Waals surface area contributed by atoms with E-state index in [1.54, 1.807) is 6.92 Å². The molecule has 0 saturated carbocycles. The van der Waals surface area contributed by atoms with Gasteiger partial charge in [0.05, 0.1) is 12.3 Å². The fraction of sp³-hybridized carbons (Fsp3) is 0.214. The van der Waals surface area contributed by atoms with Gasteiger partial charge in [0.15, 0.2) is 11.2 Å². The van der Waals surface area contributed by atoms with Gasteiger partial charge in [-0.2, -0.15) is 4.68 Å². The first-order valence-electron chi connectivity index (χ1n) is 6.82. The molecule has 23 heavy (non-hydrogen) atoms. The second-order valence-electron chi connectivity index (χ2n) is 4.63. The van der Waals surface area contributed by atoms with E-state index < -0.39 is 11.5 Å². The standard InChI is InChI=1S/C14H12BrN5O3/c1-2-23-11(21)7-19-8-16-13-12(14(19)22)17-18-20(13)10-5-3-9(15)4-6-10/h3-6,8H,2,7H2,1H3. The van der Waals surface area contributed by atoms with Crippen LogP contribution in [0.1, 0.15) is 6.92 Å². The predicted octanol–water partition coefficient (Wildman–Crippen LogP) is 1.30. The first-order chi connectivity index (χ1) is 11.1. The highest BCUT2D eigenvalue weighted by atomic mass is 79.9. The molecule has 3 rings (SSSR count). The van der Waals surface area contributed by atoms with Crippen LogP contribution in [0.25, 0.3) is 16.9 Å². The Morgan fingerprint density at radius 2 is 2.04 bits per heavy atom. The van der Waals surface area contributed by atoms with E-state index in [0.717, 1.165) is 14.7 Å². The molecule has 0 spiro atoms. The number of carbonyl (C=O) groups is 1. The minimum Gasteiger partial charge on any atom is -0.465 e. The van der Waals surface area contributed by atoms with Gasteiger partial charge < -0.3 is 4.74 Å². The molecule has 2 aromatic heterocycles. The van der Waals surface area contributed by atoms with Crippen molar-refractivity contribution >= 4 is 33.1 Å². The summed E-state index contributed by atoms with van der Waals surface area (Å²) in [5, 5.41) is 7.86. The summed E-state index contributed by atoms with van der Waals surface area (Å²) in [4.78, 5) is 28.1. The number of rotatable bonds is 4. The van der Waals surface area contributed by atoms with Gasteiger partial charge in [-0.25, -0.2) is 4.98 Å². The van der Waals surface area contributed by atoms with E-state index in [-0.39, 0.29) is 18.7 Å². The third kappa shape index (κ3) is 3.00. The van der Waals surface area contributed by atoms with Crippen molar-refractivity contribution < 1.29 is 9.53 Å². The normalized spacial score (nSPS) is 10.9. The summed E-state index contributed by atoms with van der Waals surface area (Å²) >= 11 is 3.36. The number of hydrogen-bond donors (Lipinski definition) is 0. The Balaban J connectivity index is 2.02. The number of fused-ring (bicyclic) bond motifs is 1. The lowest BCUT2D eigenvalue weighted by atomic mass is 10.3. The molecule has 0 unspecified atom stereocenters. The summed E-state index contributed by atoms with van der Waals surface area (Å²) in [5.74, 6) is -0.504. The second kappa shape index (κ2) is 6.29. The van der Waals surface area contributed by atoms with Gasteiger partial charge in [0.25, 0.3) is 5.56 Å². The molecule has 1 aromatic carbocycles. The zero-order valence-electron chi connectivity index (χ0n) is 12.1. The van der Waals surface area contributed by atoms with E-state index in [2.05, 4.69) is 31.2 Å². The fourth-order valence-electron chi connectivity index (χ4n) is 2.06. The van der Waals surface area contributed by atoms with Gasteiger partial charge in [0.1, 0.15) is 12.9 Å². The van der Waals surface area contributed by atoms with E-state index in [1.165, 1.54) is 11.0 Å². The molecule has 0 N–H and O–H groups in total. The predicted molar refractivity (Wildman–Crippen MR) is 85.3 cm³/mol. The van der Waals surface area contributed by atoms with Crippen LogP contribution < -0.4 is 5.56 Å². The Bertz CT molecular complexity index is 916. The van der Waals surface area contributed by atoms with E-state index in [0.29, 0.717) is 5.65 Å². The zero-order valence-corrected chi connectivity index (χ0v) is 13.7. The lowest BCUT2D eigenvalue weighted by Crippen LogP contribution is -2.26. The zero-order chi connectivity index (χ0) is 16.4. The van der Waals surface area contributed by atoms with Gasteiger partial charge in [0, 0.05) is 4.47 Å². The number of carbonyl (C=O) groups excluding carboxylic acids is 1. The fourth-order valence-corrected chi connectivity index (χ4v) is 2.32. The maximum atomic E-state index is 12.4. The largest absolute Gasteiger partial charge is 0.465 e. The lowest BCUT2D eigenvalue weighted by molar-refractivity contribution is -0.143. The van der Waals surface area contributed by atoms with Crippen molar-refractivity contribution in [1.82, 2.24) is 24.5 Å². The number of esters is 1. The van der Waals surface area contributed by atoms with Gasteiger partial charge in [-0.15, -0.1) is 5.10 Å². The summed E-state index contributed by atoms with van der Waals surface area (Å²) in [7, 11) is 0. The molecule has 0 aliphatic carbocycles. The summed E-state index contributed by atoms with van der Waals surface area (Å²) in [6, 6.07) is 7.35. The minimum atomic E-state index is -0.504. The molecular weight excluding hydrogens is 366 g/mol. The molecule has 0 bridgehead atoms. The number of aromatic nitrogens is 5. The van der Waals surface area contributed by atoms with E-state index in [9.17, 15) is 9.59 Å². The van der Waals surface area contributed by atoms with Crippen molar-refractivity contribution in [3.8, 4) is 5.69 Å². The molecule has 0 aliphatic rings. The van der Waals surface area contributed by atoms with Crippen LogP contribution in [0.2, 0.25) is 0 Å². The molecule has 0 atom stereocenters. The Morgan fingerprint density at radius 1 is 1.30 bits per heavy atom. The average Bonchev–Trinajstić information content (AvgIpc) is 2.96. The molecule has 9 heteroatoms. The van der Waals surface area contributed by atoms with Gasteiger partial charge in [-0.3, -0.25) is 14.2 Å². The minimum absolute atomic E-state index is 0.0970. The monoisotopic (exact) mass is 377 g/mol. The molecular formula is C14H12BrN5O3. The van der Waals surface area contributed by atoms with Crippen LogP contribution in [-0.2, 0) is 16.1 Å². The van der Waals surface area contributed by atoms with Crippen LogP contribution in [-0.4, -0.2) is 37.1 Å². The quantitative estimate of drug-likeness (QED) is 0.636. The third-order valence-corrected chi connectivity index (χ3v) is 3.63. The van der Waals surface area contributed by atoms with Crippen LogP contribution in [0, 0.1) is 0 Å². The van der Waals surface area contributed by atoms with Crippen LogP contribution in [0.3, 0.4) is 0 Å². The average molecular weight is 378 g/mol. The van der Waals surface area contributed by atoms with Gasteiger partial charge in [0.2, 0.25) is 0 Å². The Hall–Kier alpha value is -2.55. The number of ether oxygens (including phenoxy) is 1.